The van der Waals surface area contributed by atoms with Crippen molar-refractivity contribution in [2.24, 2.45) is 11.7 Å². The van der Waals surface area contributed by atoms with E-state index in [1.807, 2.05) is 0 Å². The number of ether oxygens (including phenoxy) is 1. The van der Waals surface area contributed by atoms with E-state index in [0.29, 0.717) is 0 Å². The molecule has 19 heavy (non-hydrogen) atoms. The highest BCUT2D eigenvalue weighted by Crippen LogP contribution is 2.42. The minimum atomic E-state index is -1.65. The van der Waals surface area contributed by atoms with Crippen LogP contribution >= 0.6 is 0 Å². The summed E-state index contributed by atoms with van der Waals surface area (Å²) in [6.45, 7) is 2.36. The van der Waals surface area contributed by atoms with Gasteiger partial charge in [0.25, 0.3) is 0 Å². The van der Waals surface area contributed by atoms with Gasteiger partial charge >= 0.3 is 0 Å². The molecule has 1 fully saturated rings. The summed E-state index contributed by atoms with van der Waals surface area (Å²) >= 11 is 0. The van der Waals surface area contributed by atoms with Crippen molar-refractivity contribution in [1.82, 2.24) is 0 Å². The van der Waals surface area contributed by atoms with E-state index in [-0.39, 0.29) is 18.8 Å². The summed E-state index contributed by atoms with van der Waals surface area (Å²) in [6.07, 6.45) is -0.859. The Labute approximate surface area is 111 Å². The maximum Gasteiger partial charge on any atom is 0.131 e. The van der Waals surface area contributed by atoms with Gasteiger partial charge in [-0.1, -0.05) is 18.2 Å². The van der Waals surface area contributed by atoms with Gasteiger partial charge in [0.1, 0.15) is 11.5 Å². The van der Waals surface area contributed by atoms with E-state index < -0.39 is 29.0 Å². The van der Waals surface area contributed by atoms with Crippen LogP contribution in [0.1, 0.15) is 19.4 Å². The third-order valence-corrected chi connectivity index (χ3v) is 3.78. The SMILES string of the molecule is CC(C)(F)C1OC[C@@](N)(c2ccccc2F)[C@@H]1CO. The number of rotatable bonds is 3. The van der Waals surface area contributed by atoms with Gasteiger partial charge in [0.05, 0.1) is 24.9 Å². The number of benzene rings is 1. The predicted octanol–water partition coefficient (Wildman–Crippen LogP) is 1.74. The Morgan fingerprint density at radius 1 is 1.47 bits per heavy atom. The molecule has 1 heterocycles. The molecule has 0 aromatic heterocycles. The number of aliphatic hydroxyl groups excluding tert-OH is 1. The van der Waals surface area contributed by atoms with Crippen LogP contribution < -0.4 is 5.73 Å². The Kier molecular flexibility index (Phi) is 3.64. The highest BCUT2D eigenvalue weighted by molar-refractivity contribution is 5.29. The number of hydrogen-bond acceptors (Lipinski definition) is 3. The second-order valence-corrected chi connectivity index (χ2v) is 5.61. The average molecular weight is 271 g/mol. The quantitative estimate of drug-likeness (QED) is 0.880. The highest BCUT2D eigenvalue weighted by Gasteiger charge is 2.54. The van der Waals surface area contributed by atoms with Gasteiger partial charge in [-0.15, -0.1) is 0 Å². The van der Waals surface area contributed by atoms with Crippen molar-refractivity contribution in [3.8, 4) is 0 Å². The molecule has 1 aromatic rings. The summed E-state index contributed by atoms with van der Waals surface area (Å²) < 4.78 is 33.4. The number of hydrogen-bond donors (Lipinski definition) is 2. The molecule has 0 aliphatic carbocycles. The molecular weight excluding hydrogens is 252 g/mol. The van der Waals surface area contributed by atoms with Crippen molar-refractivity contribution in [3.63, 3.8) is 0 Å². The van der Waals surface area contributed by atoms with Crippen molar-refractivity contribution in [3.05, 3.63) is 35.6 Å². The second kappa shape index (κ2) is 4.81. The molecule has 0 amide bonds. The Bertz CT molecular complexity index is 461. The van der Waals surface area contributed by atoms with Crippen LogP contribution in [0.4, 0.5) is 8.78 Å². The molecule has 1 aliphatic heterocycles. The van der Waals surface area contributed by atoms with Crippen LogP contribution in [0.2, 0.25) is 0 Å². The first kappa shape index (κ1) is 14.4. The lowest BCUT2D eigenvalue weighted by Crippen LogP contribution is -2.50. The molecule has 1 aliphatic rings. The lowest BCUT2D eigenvalue weighted by Gasteiger charge is -2.34. The van der Waals surface area contributed by atoms with E-state index >= 15 is 0 Å². The Morgan fingerprint density at radius 3 is 2.63 bits per heavy atom. The van der Waals surface area contributed by atoms with Crippen molar-refractivity contribution in [2.45, 2.75) is 31.2 Å². The fourth-order valence-electron chi connectivity index (χ4n) is 2.77. The zero-order chi connectivity index (χ0) is 14.3. The molecule has 3 atom stereocenters. The molecule has 0 spiro atoms. The molecular formula is C14H19F2NO2. The molecule has 0 saturated carbocycles. The third-order valence-electron chi connectivity index (χ3n) is 3.78. The molecule has 1 aromatic carbocycles. The smallest absolute Gasteiger partial charge is 0.131 e. The number of alkyl halides is 1. The molecule has 0 radical (unpaired) electrons. The minimum absolute atomic E-state index is 0.0167. The van der Waals surface area contributed by atoms with Crippen LogP contribution in [-0.2, 0) is 10.3 Å². The largest absolute Gasteiger partial charge is 0.396 e. The van der Waals surface area contributed by atoms with E-state index in [9.17, 15) is 13.9 Å². The lowest BCUT2D eigenvalue weighted by atomic mass is 9.76. The summed E-state index contributed by atoms with van der Waals surface area (Å²) in [7, 11) is 0. The van der Waals surface area contributed by atoms with Gasteiger partial charge in [-0.25, -0.2) is 8.78 Å². The van der Waals surface area contributed by atoms with E-state index in [1.54, 1.807) is 18.2 Å². The van der Waals surface area contributed by atoms with Gasteiger partial charge in [-0.05, 0) is 19.9 Å². The Balaban J connectivity index is 2.42. The Hall–Kier alpha value is -1.04. The van der Waals surface area contributed by atoms with Crippen LogP contribution in [0.25, 0.3) is 0 Å². The molecule has 3 N–H and O–H groups in total. The first-order valence-electron chi connectivity index (χ1n) is 6.26. The number of aliphatic hydroxyl groups is 1. The lowest BCUT2D eigenvalue weighted by molar-refractivity contribution is -0.0341. The summed E-state index contributed by atoms with van der Waals surface area (Å²) in [5.74, 6) is -1.16. The van der Waals surface area contributed by atoms with Gasteiger partial charge in [0, 0.05) is 11.5 Å². The van der Waals surface area contributed by atoms with Gasteiger partial charge in [0.15, 0.2) is 0 Å². The Morgan fingerprint density at radius 2 is 2.11 bits per heavy atom. The van der Waals surface area contributed by atoms with Crippen molar-refractivity contribution in [1.29, 1.82) is 0 Å². The van der Waals surface area contributed by atoms with Gasteiger partial charge in [-0.3, -0.25) is 0 Å². The van der Waals surface area contributed by atoms with Crippen LogP contribution in [0, 0.1) is 11.7 Å². The summed E-state index contributed by atoms with van der Waals surface area (Å²) in [4.78, 5) is 0. The standard InChI is InChI=1S/C14H19F2NO2/c1-13(2,16)12-10(7-18)14(17,8-19-12)9-5-3-4-6-11(9)15/h3-6,10,12,18H,7-8,17H2,1-2H3/t10-,12?,14-/m1/s1. The van der Waals surface area contributed by atoms with E-state index in [1.165, 1.54) is 19.9 Å². The van der Waals surface area contributed by atoms with Crippen LogP contribution in [0.15, 0.2) is 24.3 Å². The average Bonchev–Trinajstić information content (AvgIpc) is 2.67. The number of halogens is 2. The zero-order valence-corrected chi connectivity index (χ0v) is 11.1. The highest BCUT2D eigenvalue weighted by atomic mass is 19.1. The maximum absolute atomic E-state index is 14.1. The third kappa shape index (κ3) is 2.38. The van der Waals surface area contributed by atoms with Gasteiger partial charge in [-0.2, -0.15) is 0 Å². The van der Waals surface area contributed by atoms with Gasteiger partial charge < -0.3 is 15.6 Å². The molecule has 5 heteroatoms. The molecule has 1 unspecified atom stereocenters. The monoisotopic (exact) mass is 271 g/mol. The van der Waals surface area contributed by atoms with Crippen LogP contribution in [0.5, 0.6) is 0 Å². The first-order chi connectivity index (χ1) is 8.80. The first-order valence-corrected chi connectivity index (χ1v) is 6.26. The maximum atomic E-state index is 14.1. The fourth-order valence-corrected chi connectivity index (χ4v) is 2.77. The molecule has 2 rings (SSSR count). The van der Waals surface area contributed by atoms with Crippen LogP contribution in [-0.4, -0.2) is 30.1 Å². The second-order valence-electron chi connectivity index (χ2n) is 5.61. The van der Waals surface area contributed by atoms with Crippen molar-refractivity contribution < 1.29 is 18.6 Å². The molecule has 1 saturated heterocycles. The van der Waals surface area contributed by atoms with E-state index in [0.717, 1.165) is 0 Å². The van der Waals surface area contributed by atoms with E-state index in [4.69, 9.17) is 10.5 Å². The van der Waals surface area contributed by atoms with Crippen molar-refractivity contribution in [2.75, 3.05) is 13.2 Å². The summed E-state index contributed by atoms with van der Waals surface area (Å²) in [6, 6.07) is 6.07. The molecule has 3 nitrogen and oxygen atoms in total. The van der Waals surface area contributed by atoms with Gasteiger partial charge in [0.2, 0.25) is 0 Å². The molecule has 0 bridgehead atoms. The normalized spacial score (nSPS) is 31.7. The summed E-state index contributed by atoms with van der Waals surface area (Å²) in [5.41, 5.74) is 3.61. The van der Waals surface area contributed by atoms with Crippen molar-refractivity contribution >= 4 is 0 Å². The minimum Gasteiger partial charge on any atom is -0.396 e. The number of nitrogens with two attached hydrogens (primary N) is 1. The van der Waals surface area contributed by atoms with Crippen LogP contribution in [0.3, 0.4) is 0 Å². The predicted molar refractivity (Wildman–Crippen MR) is 67.8 cm³/mol. The fraction of sp³-hybridized carbons (Fsp3) is 0.571. The molecule has 106 valence electrons. The summed E-state index contributed by atoms with van der Waals surface area (Å²) in [5, 5.41) is 9.54. The van der Waals surface area contributed by atoms with E-state index in [2.05, 4.69) is 0 Å². The topological polar surface area (TPSA) is 55.5 Å². The zero-order valence-electron chi connectivity index (χ0n) is 11.1.